The van der Waals surface area contributed by atoms with Crippen LogP contribution in [-0.2, 0) is 11.5 Å². The van der Waals surface area contributed by atoms with Gasteiger partial charge in [-0.05, 0) is 5.56 Å². The number of rotatable bonds is 3. The Balaban J connectivity index is 3.57. The summed E-state index contributed by atoms with van der Waals surface area (Å²) in [6.45, 7) is 0. The van der Waals surface area contributed by atoms with Crippen LogP contribution in [0, 0.1) is 0 Å². The number of alkyl halides is 7. The van der Waals surface area contributed by atoms with Crippen LogP contribution in [0.25, 0.3) is 0 Å². The van der Waals surface area contributed by atoms with Crippen LogP contribution in [0.2, 0.25) is 0 Å². The van der Waals surface area contributed by atoms with Gasteiger partial charge in [0.1, 0.15) is 11.3 Å². The summed E-state index contributed by atoms with van der Waals surface area (Å²) in [5, 5.41) is -0.401. The number of hydrogen-bond acceptors (Lipinski definition) is 3. The van der Waals surface area contributed by atoms with E-state index >= 15 is 0 Å². The van der Waals surface area contributed by atoms with E-state index in [2.05, 4.69) is 25.7 Å². The fraction of sp³-hybridized carbons (Fsp3) is 0.333. The number of pyridine rings is 1. The summed E-state index contributed by atoms with van der Waals surface area (Å²) in [6.07, 6.45) is -10.1. The lowest BCUT2D eigenvalue weighted by molar-refractivity contribution is -0.276. The van der Waals surface area contributed by atoms with Crippen LogP contribution < -0.4 is 4.74 Å². The summed E-state index contributed by atoms with van der Waals surface area (Å²) in [6, 6.07) is 0. The zero-order valence-corrected chi connectivity index (χ0v) is 10.4. The molecular weight excluding hydrogens is 348 g/mol. The lowest BCUT2D eigenvalue weighted by Gasteiger charge is -2.18. The van der Waals surface area contributed by atoms with Crippen LogP contribution in [-0.4, -0.2) is 17.6 Å². The molecule has 0 saturated heterocycles. The minimum Gasteiger partial charge on any atom is -0.403 e. The molecule has 0 radical (unpaired) electrons. The summed E-state index contributed by atoms with van der Waals surface area (Å²) < 4.78 is 78.0. The van der Waals surface area contributed by atoms with Crippen LogP contribution in [0.5, 0.6) is 5.75 Å². The molecule has 0 spiro atoms. The van der Waals surface area contributed by atoms with E-state index in [1.165, 1.54) is 0 Å². The Labute approximate surface area is 110 Å². The van der Waals surface area contributed by atoms with E-state index in [9.17, 15) is 31.1 Å². The third-order valence-corrected chi connectivity index (χ3v) is 2.50. The summed E-state index contributed by atoms with van der Waals surface area (Å²) >= 11 is 2.70. The summed E-state index contributed by atoms with van der Waals surface area (Å²) in [4.78, 5) is 13.7. The van der Waals surface area contributed by atoms with Crippen molar-refractivity contribution in [3.8, 4) is 5.75 Å². The van der Waals surface area contributed by atoms with Crippen molar-refractivity contribution in [1.29, 1.82) is 0 Å². The van der Waals surface area contributed by atoms with E-state index in [0.29, 0.717) is 6.20 Å². The third-order valence-electron chi connectivity index (χ3n) is 1.90. The predicted octanol–water partition coefficient (Wildman–Crippen LogP) is 3.71. The van der Waals surface area contributed by atoms with Crippen molar-refractivity contribution in [2.24, 2.45) is 0 Å². The molecule has 10 heteroatoms. The second-order valence-electron chi connectivity index (χ2n) is 3.17. The van der Waals surface area contributed by atoms with Gasteiger partial charge in [0.25, 0.3) is 0 Å². The molecule has 0 bridgehead atoms. The standard InChI is InChI=1S/C9H4BrF6NO2/c10-1-4-2-17-5(3-18)7(19-9(14,15)16)6(4)8(11,12)13/h2-3H,1H2. The van der Waals surface area contributed by atoms with Crippen molar-refractivity contribution in [1.82, 2.24) is 4.98 Å². The average Bonchev–Trinajstić information content (AvgIpc) is 2.24. The fourth-order valence-electron chi connectivity index (χ4n) is 1.26. The van der Waals surface area contributed by atoms with Crippen molar-refractivity contribution in [3.63, 3.8) is 0 Å². The zero-order valence-electron chi connectivity index (χ0n) is 8.77. The minimum absolute atomic E-state index is 0.242. The maximum Gasteiger partial charge on any atom is 0.573 e. The minimum atomic E-state index is -5.37. The molecule has 0 atom stereocenters. The van der Waals surface area contributed by atoms with Crippen LogP contribution in [0.1, 0.15) is 21.6 Å². The first kappa shape index (κ1) is 15.7. The largest absolute Gasteiger partial charge is 0.573 e. The van der Waals surface area contributed by atoms with Crippen LogP contribution in [0.4, 0.5) is 26.3 Å². The Bertz CT molecular complexity index is 485. The molecule has 19 heavy (non-hydrogen) atoms. The van der Waals surface area contributed by atoms with Crippen LogP contribution in [0.3, 0.4) is 0 Å². The van der Waals surface area contributed by atoms with E-state index in [4.69, 9.17) is 0 Å². The Morgan fingerprint density at radius 3 is 2.21 bits per heavy atom. The molecule has 0 N–H and O–H groups in total. The van der Waals surface area contributed by atoms with Crippen molar-refractivity contribution in [2.45, 2.75) is 17.9 Å². The maximum absolute atomic E-state index is 12.8. The Hall–Kier alpha value is -1.32. The van der Waals surface area contributed by atoms with Gasteiger partial charge in [-0.2, -0.15) is 13.2 Å². The van der Waals surface area contributed by atoms with E-state index in [0.717, 1.165) is 0 Å². The maximum atomic E-state index is 12.8. The van der Waals surface area contributed by atoms with Crippen molar-refractivity contribution in [2.75, 3.05) is 0 Å². The quantitative estimate of drug-likeness (QED) is 0.473. The SMILES string of the molecule is O=Cc1ncc(CBr)c(C(F)(F)F)c1OC(F)(F)F. The number of halogens is 7. The Morgan fingerprint density at radius 1 is 1.26 bits per heavy atom. The lowest BCUT2D eigenvalue weighted by atomic mass is 10.1. The second-order valence-corrected chi connectivity index (χ2v) is 3.73. The number of aromatic nitrogens is 1. The molecule has 1 heterocycles. The van der Waals surface area contributed by atoms with E-state index < -0.39 is 40.4 Å². The van der Waals surface area contributed by atoms with Gasteiger partial charge in [0.05, 0.1) is 0 Å². The summed E-state index contributed by atoms with van der Waals surface area (Å²) in [7, 11) is 0. The monoisotopic (exact) mass is 351 g/mol. The molecule has 0 amide bonds. The van der Waals surface area contributed by atoms with Gasteiger partial charge in [-0.25, -0.2) is 4.98 Å². The molecular formula is C9H4BrF6NO2. The summed E-state index contributed by atoms with van der Waals surface area (Å²) in [5.41, 5.74) is -3.33. The molecule has 0 saturated carbocycles. The number of hydrogen-bond donors (Lipinski definition) is 0. The lowest BCUT2D eigenvalue weighted by Crippen LogP contribution is -2.23. The summed E-state index contributed by atoms with van der Waals surface area (Å²) in [5.74, 6) is -1.65. The van der Waals surface area contributed by atoms with Crippen LogP contribution >= 0.6 is 15.9 Å². The average molecular weight is 352 g/mol. The first-order valence-corrected chi connectivity index (χ1v) is 5.58. The van der Waals surface area contributed by atoms with Crippen molar-refractivity contribution in [3.05, 3.63) is 23.0 Å². The zero-order chi connectivity index (χ0) is 14.8. The van der Waals surface area contributed by atoms with E-state index in [-0.39, 0.29) is 6.29 Å². The number of aldehydes is 1. The first-order valence-electron chi connectivity index (χ1n) is 4.46. The number of carbonyl (C=O) groups is 1. The highest BCUT2D eigenvalue weighted by Crippen LogP contribution is 2.42. The topological polar surface area (TPSA) is 39.2 Å². The Kier molecular flexibility index (Phi) is 4.43. The molecule has 0 fully saturated rings. The third kappa shape index (κ3) is 3.82. The van der Waals surface area contributed by atoms with Gasteiger partial charge in [0, 0.05) is 11.5 Å². The van der Waals surface area contributed by atoms with Gasteiger partial charge in [-0.1, -0.05) is 15.9 Å². The van der Waals surface area contributed by atoms with Gasteiger partial charge in [0.2, 0.25) is 0 Å². The van der Waals surface area contributed by atoms with Gasteiger partial charge in [-0.15, -0.1) is 13.2 Å². The highest BCUT2D eigenvalue weighted by atomic mass is 79.9. The molecule has 0 unspecified atom stereocenters. The smallest absolute Gasteiger partial charge is 0.403 e. The molecule has 0 aromatic carbocycles. The molecule has 0 aliphatic heterocycles. The van der Waals surface area contributed by atoms with Gasteiger partial charge in [-0.3, -0.25) is 4.79 Å². The van der Waals surface area contributed by atoms with Crippen LogP contribution in [0.15, 0.2) is 6.20 Å². The van der Waals surface area contributed by atoms with Gasteiger partial charge < -0.3 is 4.74 Å². The highest BCUT2D eigenvalue weighted by molar-refractivity contribution is 9.08. The molecule has 1 rings (SSSR count). The molecule has 1 aromatic rings. The molecule has 106 valence electrons. The first-order chi connectivity index (χ1) is 8.60. The fourth-order valence-corrected chi connectivity index (χ4v) is 1.68. The van der Waals surface area contributed by atoms with Crippen molar-refractivity contribution < 1.29 is 35.9 Å². The molecule has 0 aliphatic carbocycles. The van der Waals surface area contributed by atoms with E-state index in [1.807, 2.05) is 0 Å². The van der Waals surface area contributed by atoms with E-state index in [1.54, 1.807) is 0 Å². The second kappa shape index (κ2) is 5.35. The molecule has 3 nitrogen and oxygen atoms in total. The number of carbonyl (C=O) groups excluding carboxylic acids is 1. The normalized spacial score (nSPS) is 12.4. The van der Waals surface area contributed by atoms with Gasteiger partial charge in [0.15, 0.2) is 12.0 Å². The molecule has 0 aliphatic rings. The number of ether oxygens (including phenoxy) is 1. The number of nitrogens with zero attached hydrogens (tertiary/aromatic N) is 1. The van der Waals surface area contributed by atoms with Crippen molar-refractivity contribution >= 4 is 22.2 Å². The predicted molar refractivity (Wildman–Crippen MR) is 53.9 cm³/mol. The van der Waals surface area contributed by atoms with Gasteiger partial charge >= 0.3 is 12.5 Å². The molecule has 1 aromatic heterocycles. The highest BCUT2D eigenvalue weighted by Gasteiger charge is 2.42. The Morgan fingerprint density at radius 2 is 1.84 bits per heavy atom.